The molecule has 0 saturated heterocycles. The fraction of sp³-hybridized carbons (Fsp3) is 0.850. The number of carbonyl (C=O) groups excluding carboxylic acids is 1. The highest BCUT2D eigenvalue weighted by Gasteiger charge is 2.77. The maximum atomic E-state index is 11.8. The molecule has 120 valence electrons. The van der Waals surface area contributed by atoms with Gasteiger partial charge in [-0.1, -0.05) is 19.4 Å². The van der Waals surface area contributed by atoms with Crippen LogP contribution in [-0.4, -0.2) is 17.0 Å². The molecule has 4 unspecified atom stereocenters. The normalized spacial score (nSPS) is 59.0. The van der Waals surface area contributed by atoms with Gasteiger partial charge in [-0.05, 0) is 85.0 Å². The zero-order valence-corrected chi connectivity index (χ0v) is 13.8. The van der Waals surface area contributed by atoms with E-state index in [9.17, 15) is 9.90 Å². The largest absolute Gasteiger partial charge is 0.393 e. The third kappa shape index (κ3) is 1.40. The second kappa shape index (κ2) is 4.06. The standard InChI is InChI=1S/C20H28O2/c1-11-7-12-8-14(21)3-4-15(12)16-5-6-19(2)17(22)9-13-10-20(13,19)18(11)16/h8,11,13,15-18,22H,3-7,9-10H2,1-2H3/t11?,13?,15-,16+,17?,18+,19+,20?/m0/s1. The van der Waals surface area contributed by atoms with Gasteiger partial charge in [-0.15, -0.1) is 0 Å². The van der Waals surface area contributed by atoms with Crippen molar-refractivity contribution in [1.82, 2.24) is 0 Å². The first-order valence-electron chi connectivity index (χ1n) is 9.39. The van der Waals surface area contributed by atoms with Crippen molar-refractivity contribution in [3.63, 3.8) is 0 Å². The van der Waals surface area contributed by atoms with E-state index in [0.717, 1.165) is 43.4 Å². The maximum Gasteiger partial charge on any atom is 0.155 e. The first-order chi connectivity index (χ1) is 10.5. The number of fused-ring (bicyclic) bond motifs is 3. The van der Waals surface area contributed by atoms with Gasteiger partial charge in [0.05, 0.1) is 6.10 Å². The van der Waals surface area contributed by atoms with Gasteiger partial charge in [0, 0.05) is 6.42 Å². The number of hydrogen-bond acceptors (Lipinski definition) is 2. The minimum absolute atomic E-state index is 0.0655. The molecule has 0 amide bonds. The van der Waals surface area contributed by atoms with Gasteiger partial charge < -0.3 is 5.11 Å². The van der Waals surface area contributed by atoms with Crippen molar-refractivity contribution in [2.75, 3.05) is 0 Å². The number of aliphatic hydroxyl groups excluding tert-OH is 1. The van der Waals surface area contributed by atoms with E-state index in [1.165, 1.54) is 24.8 Å². The average Bonchev–Trinajstić information content (AvgIpc) is 3.11. The quantitative estimate of drug-likeness (QED) is 0.740. The van der Waals surface area contributed by atoms with Gasteiger partial charge >= 0.3 is 0 Å². The first kappa shape index (κ1) is 13.8. The predicted octanol–water partition coefficient (Wildman–Crippen LogP) is 3.74. The molecular weight excluding hydrogens is 272 g/mol. The van der Waals surface area contributed by atoms with Gasteiger partial charge in [-0.25, -0.2) is 0 Å². The Labute approximate surface area is 133 Å². The first-order valence-corrected chi connectivity index (χ1v) is 9.39. The Kier molecular flexibility index (Phi) is 2.54. The van der Waals surface area contributed by atoms with Crippen LogP contribution in [0.25, 0.3) is 0 Å². The van der Waals surface area contributed by atoms with E-state index in [0.29, 0.717) is 23.0 Å². The fourth-order valence-corrected chi connectivity index (χ4v) is 7.85. The van der Waals surface area contributed by atoms with E-state index in [1.807, 2.05) is 6.08 Å². The molecule has 4 saturated carbocycles. The van der Waals surface area contributed by atoms with Crippen LogP contribution < -0.4 is 0 Å². The van der Waals surface area contributed by atoms with Crippen LogP contribution in [0.3, 0.4) is 0 Å². The number of ketones is 1. The summed E-state index contributed by atoms with van der Waals surface area (Å²) in [6.45, 7) is 4.82. The van der Waals surface area contributed by atoms with Gasteiger partial charge in [0.25, 0.3) is 0 Å². The third-order valence-electron chi connectivity index (χ3n) is 8.72. The molecular formula is C20H28O2. The number of hydrogen-bond donors (Lipinski definition) is 1. The molecule has 0 radical (unpaired) electrons. The molecule has 0 aliphatic heterocycles. The smallest absolute Gasteiger partial charge is 0.155 e. The summed E-state index contributed by atoms with van der Waals surface area (Å²) in [6.07, 6.45) is 9.83. The molecule has 5 aliphatic rings. The summed E-state index contributed by atoms with van der Waals surface area (Å²) in [4.78, 5) is 11.8. The molecule has 8 atom stereocenters. The van der Waals surface area contributed by atoms with Crippen molar-refractivity contribution in [3.05, 3.63) is 11.6 Å². The average molecular weight is 300 g/mol. The highest BCUT2D eigenvalue weighted by molar-refractivity contribution is 5.91. The Morgan fingerprint density at radius 3 is 2.95 bits per heavy atom. The van der Waals surface area contributed by atoms with Gasteiger partial charge in [-0.3, -0.25) is 4.79 Å². The minimum Gasteiger partial charge on any atom is -0.393 e. The lowest BCUT2D eigenvalue weighted by molar-refractivity contribution is -0.118. The zero-order valence-electron chi connectivity index (χ0n) is 13.8. The maximum absolute atomic E-state index is 11.8. The van der Waals surface area contributed by atoms with E-state index < -0.39 is 0 Å². The summed E-state index contributed by atoms with van der Waals surface area (Å²) in [7, 11) is 0. The van der Waals surface area contributed by atoms with E-state index in [4.69, 9.17) is 0 Å². The Morgan fingerprint density at radius 1 is 1.32 bits per heavy atom. The van der Waals surface area contributed by atoms with Crippen molar-refractivity contribution >= 4 is 5.78 Å². The summed E-state index contributed by atoms with van der Waals surface area (Å²) >= 11 is 0. The number of allylic oxidation sites excluding steroid dienone is 1. The predicted molar refractivity (Wildman–Crippen MR) is 85.1 cm³/mol. The SMILES string of the molecule is CC1CC2=CC(=O)CC[C@@H]2[C@H]2CC[C@]3(C)C(O)CC4CC43[C@H]12. The topological polar surface area (TPSA) is 37.3 Å². The number of rotatable bonds is 0. The van der Waals surface area contributed by atoms with Crippen LogP contribution >= 0.6 is 0 Å². The molecule has 4 fully saturated rings. The molecule has 0 aromatic carbocycles. The monoisotopic (exact) mass is 300 g/mol. The van der Waals surface area contributed by atoms with Gasteiger partial charge in [-0.2, -0.15) is 0 Å². The van der Waals surface area contributed by atoms with Crippen molar-refractivity contribution in [3.8, 4) is 0 Å². The van der Waals surface area contributed by atoms with Crippen LogP contribution in [0.1, 0.15) is 58.8 Å². The van der Waals surface area contributed by atoms with Crippen LogP contribution in [0.5, 0.6) is 0 Å². The molecule has 2 nitrogen and oxygen atoms in total. The van der Waals surface area contributed by atoms with E-state index in [1.54, 1.807) is 0 Å². The van der Waals surface area contributed by atoms with Gasteiger partial charge in [0.15, 0.2) is 5.78 Å². The van der Waals surface area contributed by atoms with E-state index in [-0.39, 0.29) is 11.5 Å². The number of aliphatic hydroxyl groups is 1. The molecule has 0 heterocycles. The molecule has 0 aromatic heterocycles. The second-order valence-corrected chi connectivity index (χ2v) is 9.35. The lowest BCUT2D eigenvalue weighted by atomic mass is 9.47. The molecule has 0 aromatic rings. The Balaban J connectivity index is 1.57. The van der Waals surface area contributed by atoms with Crippen LogP contribution in [-0.2, 0) is 4.79 Å². The lowest BCUT2D eigenvalue weighted by Crippen LogP contribution is -2.53. The molecule has 5 aliphatic carbocycles. The fourth-order valence-electron chi connectivity index (χ4n) is 7.85. The molecule has 1 spiro atoms. The van der Waals surface area contributed by atoms with E-state index >= 15 is 0 Å². The molecule has 0 bridgehead atoms. The summed E-state index contributed by atoms with van der Waals surface area (Å²) in [5.74, 6) is 4.09. The van der Waals surface area contributed by atoms with Crippen molar-refractivity contribution < 1.29 is 9.90 Å². The summed E-state index contributed by atoms with van der Waals surface area (Å²) < 4.78 is 0. The molecule has 1 N–H and O–H groups in total. The Morgan fingerprint density at radius 2 is 2.14 bits per heavy atom. The van der Waals surface area contributed by atoms with Gasteiger partial charge in [0.1, 0.15) is 0 Å². The van der Waals surface area contributed by atoms with Crippen LogP contribution in [0.2, 0.25) is 0 Å². The third-order valence-corrected chi connectivity index (χ3v) is 8.72. The Hall–Kier alpha value is -0.630. The highest BCUT2D eigenvalue weighted by Crippen LogP contribution is 2.82. The van der Waals surface area contributed by atoms with Crippen molar-refractivity contribution in [2.24, 2.45) is 40.4 Å². The van der Waals surface area contributed by atoms with Gasteiger partial charge in [0.2, 0.25) is 0 Å². The van der Waals surface area contributed by atoms with Crippen LogP contribution in [0.15, 0.2) is 11.6 Å². The lowest BCUT2D eigenvalue weighted by Gasteiger charge is -2.57. The van der Waals surface area contributed by atoms with Crippen molar-refractivity contribution in [1.29, 1.82) is 0 Å². The molecule has 5 rings (SSSR count). The minimum atomic E-state index is -0.0655. The molecule has 2 heteroatoms. The van der Waals surface area contributed by atoms with Crippen molar-refractivity contribution in [2.45, 2.75) is 64.9 Å². The number of carbonyl (C=O) groups is 1. The van der Waals surface area contributed by atoms with Crippen LogP contribution in [0, 0.1) is 40.4 Å². The molecule has 22 heavy (non-hydrogen) atoms. The summed E-state index contributed by atoms with van der Waals surface area (Å²) in [6, 6.07) is 0. The highest BCUT2D eigenvalue weighted by atomic mass is 16.3. The summed E-state index contributed by atoms with van der Waals surface area (Å²) in [5.41, 5.74) is 2.10. The Bertz CT molecular complexity index is 578. The second-order valence-electron chi connectivity index (χ2n) is 9.35. The van der Waals surface area contributed by atoms with Crippen LogP contribution in [0.4, 0.5) is 0 Å². The van der Waals surface area contributed by atoms with E-state index in [2.05, 4.69) is 13.8 Å². The summed E-state index contributed by atoms with van der Waals surface area (Å²) in [5, 5.41) is 10.7. The zero-order chi connectivity index (χ0) is 15.3.